The summed E-state index contributed by atoms with van der Waals surface area (Å²) in [6, 6.07) is 19.2. The minimum atomic E-state index is -0.423. The number of hydrogen-bond donors (Lipinski definition) is 0. The molecule has 1 heterocycles. The fourth-order valence-corrected chi connectivity index (χ4v) is 3.63. The smallest absolute Gasteiger partial charge is 0.348 e. The highest BCUT2D eigenvalue weighted by molar-refractivity contribution is 7.12. The molecule has 26 heavy (non-hydrogen) atoms. The summed E-state index contributed by atoms with van der Waals surface area (Å²) in [4.78, 5) is 12.6. The topological polar surface area (TPSA) is 73.9 Å². The Kier molecular flexibility index (Phi) is 5.12. The standard InChI is InChI=1S/C21H14N2O2S/c1-2-25-21(24)20-19(17(12-23)13-26-20)15-9-7-14(8-10-15)18-6-4-3-5-16(18)11-22/h3-10,13H,2H2,1H3. The van der Waals surface area contributed by atoms with Gasteiger partial charge in [0.1, 0.15) is 10.9 Å². The third-order valence-electron chi connectivity index (χ3n) is 3.90. The van der Waals surface area contributed by atoms with E-state index >= 15 is 0 Å². The first-order valence-corrected chi connectivity index (χ1v) is 8.86. The van der Waals surface area contributed by atoms with Crippen molar-refractivity contribution >= 4 is 17.3 Å². The highest BCUT2D eigenvalue weighted by atomic mass is 32.1. The molecule has 0 aliphatic heterocycles. The minimum Gasteiger partial charge on any atom is -0.462 e. The van der Waals surface area contributed by atoms with E-state index in [-0.39, 0.29) is 6.61 Å². The van der Waals surface area contributed by atoms with Gasteiger partial charge in [-0.3, -0.25) is 0 Å². The van der Waals surface area contributed by atoms with E-state index < -0.39 is 5.97 Å². The Hall–Kier alpha value is -3.41. The quantitative estimate of drug-likeness (QED) is 0.615. The van der Waals surface area contributed by atoms with Gasteiger partial charge in [-0.25, -0.2) is 4.79 Å². The summed E-state index contributed by atoms with van der Waals surface area (Å²) in [6.45, 7) is 2.03. The Morgan fingerprint density at radius 1 is 1.00 bits per heavy atom. The molecular formula is C21H14N2O2S. The number of thiophene rings is 1. The lowest BCUT2D eigenvalue weighted by Crippen LogP contribution is -2.04. The maximum Gasteiger partial charge on any atom is 0.348 e. The molecule has 0 radical (unpaired) electrons. The van der Waals surface area contributed by atoms with Crippen LogP contribution in [0.15, 0.2) is 53.9 Å². The van der Waals surface area contributed by atoms with E-state index in [1.165, 1.54) is 11.3 Å². The zero-order valence-corrected chi connectivity index (χ0v) is 14.8. The van der Waals surface area contributed by atoms with Crippen molar-refractivity contribution in [1.29, 1.82) is 10.5 Å². The molecule has 0 spiro atoms. The number of nitriles is 2. The number of rotatable bonds is 4. The lowest BCUT2D eigenvalue weighted by Gasteiger charge is -2.08. The van der Waals surface area contributed by atoms with Crippen LogP contribution < -0.4 is 0 Å². The van der Waals surface area contributed by atoms with Crippen molar-refractivity contribution in [3.63, 3.8) is 0 Å². The van der Waals surface area contributed by atoms with E-state index in [0.717, 1.165) is 16.7 Å². The third kappa shape index (κ3) is 3.21. The van der Waals surface area contributed by atoms with Crippen molar-refractivity contribution in [3.8, 4) is 34.4 Å². The van der Waals surface area contributed by atoms with E-state index in [9.17, 15) is 15.3 Å². The molecular weight excluding hydrogens is 344 g/mol. The SMILES string of the molecule is CCOC(=O)c1scc(C#N)c1-c1ccc(-c2ccccc2C#N)cc1. The van der Waals surface area contributed by atoms with Crippen LogP contribution in [0.25, 0.3) is 22.3 Å². The molecule has 0 N–H and O–H groups in total. The van der Waals surface area contributed by atoms with Gasteiger partial charge in [-0.1, -0.05) is 42.5 Å². The number of nitrogens with zero attached hydrogens (tertiary/aromatic N) is 2. The van der Waals surface area contributed by atoms with Gasteiger partial charge in [-0.05, 0) is 29.7 Å². The van der Waals surface area contributed by atoms with Crippen LogP contribution in [0.1, 0.15) is 27.7 Å². The van der Waals surface area contributed by atoms with Crippen molar-refractivity contribution in [2.24, 2.45) is 0 Å². The van der Waals surface area contributed by atoms with Gasteiger partial charge < -0.3 is 4.74 Å². The van der Waals surface area contributed by atoms with Crippen LogP contribution in [-0.2, 0) is 4.74 Å². The summed E-state index contributed by atoms with van der Waals surface area (Å²) in [5.74, 6) is -0.423. The monoisotopic (exact) mass is 358 g/mol. The summed E-state index contributed by atoms with van der Waals surface area (Å²) in [5.41, 5.74) is 4.15. The Balaban J connectivity index is 2.05. The number of hydrogen-bond acceptors (Lipinski definition) is 5. The number of ether oxygens (including phenoxy) is 1. The first kappa shape index (κ1) is 17.4. The fourth-order valence-electron chi connectivity index (χ4n) is 2.72. The average molecular weight is 358 g/mol. The number of carbonyl (C=O) groups is 1. The van der Waals surface area contributed by atoms with Crippen LogP contribution in [0.3, 0.4) is 0 Å². The maximum absolute atomic E-state index is 12.2. The fraction of sp³-hybridized carbons (Fsp3) is 0.0952. The van der Waals surface area contributed by atoms with Crippen molar-refractivity contribution in [2.75, 3.05) is 6.61 Å². The minimum absolute atomic E-state index is 0.280. The molecule has 0 amide bonds. The van der Waals surface area contributed by atoms with E-state index in [0.29, 0.717) is 21.6 Å². The van der Waals surface area contributed by atoms with Crippen LogP contribution in [0.2, 0.25) is 0 Å². The maximum atomic E-state index is 12.2. The van der Waals surface area contributed by atoms with E-state index in [4.69, 9.17) is 4.74 Å². The van der Waals surface area contributed by atoms with Gasteiger partial charge in [0, 0.05) is 10.9 Å². The molecule has 3 aromatic rings. The summed E-state index contributed by atoms with van der Waals surface area (Å²) >= 11 is 1.21. The predicted octanol–water partition coefficient (Wildman–Crippen LogP) is 5.00. The van der Waals surface area contributed by atoms with E-state index in [1.54, 1.807) is 18.4 Å². The Labute approximate surface area is 155 Å². The number of benzene rings is 2. The molecule has 3 rings (SSSR count). The lowest BCUT2D eigenvalue weighted by atomic mass is 9.96. The molecule has 0 atom stereocenters. The van der Waals surface area contributed by atoms with Gasteiger partial charge in [0.2, 0.25) is 0 Å². The van der Waals surface area contributed by atoms with Gasteiger partial charge in [0.15, 0.2) is 0 Å². The van der Waals surface area contributed by atoms with Gasteiger partial charge in [0.05, 0.1) is 23.8 Å². The zero-order chi connectivity index (χ0) is 18.5. The van der Waals surface area contributed by atoms with Crippen molar-refractivity contribution in [2.45, 2.75) is 6.92 Å². The van der Waals surface area contributed by atoms with E-state index in [2.05, 4.69) is 12.1 Å². The molecule has 2 aromatic carbocycles. The largest absolute Gasteiger partial charge is 0.462 e. The Bertz CT molecular complexity index is 1040. The van der Waals surface area contributed by atoms with Crippen molar-refractivity contribution in [1.82, 2.24) is 0 Å². The molecule has 0 saturated heterocycles. The van der Waals surface area contributed by atoms with Gasteiger partial charge in [-0.2, -0.15) is 10.5 Å². The van der Waals surface area contributed by atoms with Crippen LogP contribution >= 0.6 is 11.3 Å². The molecule has 0 bridgehead atoms. The van der Waals surface area contributed by atoms with Crippen molar-refractivity contribution in [3.05, 3.63) is 69.9 Å². The molecule has 126 valence electrons. The molecule has 0 aliphatic rings. The zero-order valence-electron chi connectivity index (χ0n) is 14.0. The van der Waals surface area contributed by atoms with Crippen LogP contribution in [0, 0.1) is 22.7 Å². The second kappa shape index (κ2) is 7.65. The van der Waals surface area contributed by atoms with Gasteiger partial charge >= 0.3 is 5.97 Å². The predicted molar refractivity (Wildman–Crippen MR) is 101 cm³/mol. The summed E-state index contributed by atoms with van der Waals surface area (Å²) in [6.07, 6.45) is 0. The van der Waals surface area contributed by atoms with Gasteiger partial charge in [0.25, 0.3) is 0 Å². The van der Waals surface area contributed by atoms with Crippen LogP contribution in [0.4, 0.5) is 0 Å². The molecule has 0 unspecified atom stereocenters. The molecule has 1 aromatic heterocycles. The molecule has 0 fully saturated rings. The van der Waals surface area contributed by atoms with Gasteiger partial charge in [-0.15, -0.1) is 11.3 Å². The lowest BCUT2D eigenvalue weighted by molar-refractivity contribution is 0.0533. The van der Waals surface area contributed by atoms with Crippen molar-refractivity contribution < 1.29 is 9.53 Å². The Morgan fingerprint density at radius 3 is 2.31 bits per heavy atom. The number of esters is 1. The molecule has 0 saturated carbocycles. The molecule has 5 heteroatoms. The second-order valence-corrected chi connectivity index (χ2v) is 6.30. The van der Waals surface area contributed by atoms with Crippen LogP contribution in [-0.4, -0.2) is 12.6 Å². The summed E-state index contributed by atoms with van der Waals surface area (Å²) in [5, 5.41) is 20.3. The third-order valence-corrected chi connectivity index (χ3v) is 4.86. The molecule has 4 nitrogen and oxygen atoms in total. The average Bonchev–Trinajstić information content (AvgIpc) is 3.12. The summed E-state index contributed by atoms with van der Waals surface area (Å²) < 4.78 is 5.10. The highest BCUT2D eigenvalue weighted by Gasteiger charge is 2.20. The summed E-state index contributed by atoms with van der Waals surface area (Å²) in [7, 11) is 0. The first-order valence-electron chi connectivity index (χ1n) is 7.98. The number of carbonyl (C=O) groups excluding carboxylic acids is 1. The first-order chi connectivity index (χ1) is 12.7. The highest BCUT2D eigenvalue weighted by Crippen LogP contribution is 2.34. The second-order valence-electron chi connectivity index (χ2n) is 5.42. The van der Waals surface area contributed by atoms with Crippen LogP contribution in [0.5, 0.6) is 0 Å². The normalized spacial score (nSPS) is 9.96. The Morgan fingerprint density at radius 2 is 1.65 bits per heavy atom. The van der Waals surface area contributed by atoms with E-state index in [1.807, 2.05) is 42.5 Å². The molecule has 0 aliphatic carbocycles.